The fraction of sp³-hybridized carbons (Fsp3) is 0.818. The van der Waals surface area contributed by atoms with Gasteiger partial charge in [0.1, 0.15) is 6.04 Å². The number of carbonyl (C=O) groups excluding carboxylic acids is 1. The fourth-order valence-corrected chi connectivity index (χ4v) is 1.57. The van der Waals surface area contributed by atoms with Crippen molar-refractivity contribution in [3.05, 3.63) is 0 Å². The molecule has 88 valence electrons. The third-order valence-electron chi connectivity index (χ3n) is 2.25. The van der Waals surface area contributed by atoms with Crippen molar-refractivity contribution in [1.82, 2.24) is 5.32 Å². The van der Waals surface area contributed by atoms with Crippen molar-refractivity contribution < 1.29 is 14.7 Å². The van der Waals surface area contributed by atoms with E-state index in [-0.39, 0.29) is 5.91 Å². The normalized spacial score (nSPS) is 13.7. The molecule has 0 aromatic rings. The third kappa shape index (κ3) is 4.81. The lowest BCUT2D eigenvalue weighted by molar-refractivity contribution is -0.143. The van der Waals surface area contributed by atoms with E-state index in [1.54, 1.807) is 0 Å². The van der Waals surface area contributed by atoms with Gasteiger partial charge >= 0.3 is 5.97 Å². The van der Waals surface area contributed by atoms with Crippen LogP contribution in [0, 0.1) is 11.3 Å². The highest BCUT2D eigenvalue weighted by atomic mass is 16.4. The number of rotatable bonds is 5. The van der Waals surface area contributed by atoms with Gasteiger partial charge in [0.15, 0.2) is 0 Å². The second kappa shape index (κ2) is 5.14. The van der Waals surface area contributed by atoms with Crippen LogP contribution in [-0.2, 0) is 9.59 Å². The number of hydrogen-bond donors (Lipinski definition) is 2. The molecule has 0 saturated carbocycles. The third-order valence-corrected chi connectivity index (χ3v) is 2.25. The maximum absolute atomic E-state index is 11.7. The summed E-state index contributed by atoms with van der Waals surface area (Å²) in [4.78, 5) is 22.3. The van der Waals surface area contributed by atoms with Crippen LogP contribution in [0.4, 0.5) is 0 Å². The van der Waals surface area contributed by atoms with Crippen LogP contribution in [0.15, 0.2) is 0 Å². The second-order valence-electron chi connectivity index (χ2n) is 5.02. The first-order valence-corrected chi connectivity index (χ1v) is 5.20. The van der Waals surface area contributed by atoms with Gasteiger partial charge in [0, 0.05) is 5.41 Å². The Labute approximate surface area is 91.1 Å². The number of carbonyl (C=O) groups is 2. The molecule has 0 radical (unpaired) electrons. The van der Waals surface area contributed by atoms with Gasteiger partial charge in [0.25, 0.3) is 0 Å². The predicted molar refractivity (Wildman–Crippen MR) is 58.5 cm³/mol. The zero-order valence-corrected chi connectivity index (χ0v) is 10.1. The van der Waals surface area contributed by atoms with E-state index in [2.05, 4.69) is 5.32 Å². The maximum Gasteiger partial charge on any atom is 0.325 e. The maximum atomic E-state index is 11.7. The Balaban J connectivity index is 4.37. The second-order valence-corrected chi connectivity index (χ2v) is 5.02. The van der Waals surface area contributed by atoms with Crippen LogP contribution in [0.3, 0.4) is 0 Å². The summed E-state index contributed by atoms with van der Waals surface area (Å²) < 4.78 is 0. The molecule has 0 saturated heterocycles. The Morgan fingerprint density at radius 2 is 1.73 bits per heavy atom. The van der Waals surface area contributed by atoms with Crippen LogP contribution >= 0.6 is 0 Å². The smallest absolute Gasteiger partial charge is 0.325 e. The predicted octanol–water partition coefficient (Wildman–Crippen LogP) is 1.65. The minimum absolute atomic E-state index is 0.203. The van der Waals surface area contributed by atoms with Gasteiger partial charge < -0.3 is 10.4 Å². The largest absolute Gasteiger partial charge is 0.480 e. The minimum Gasteiger partial charge on any atom is -0.480 e. The Bertz CT molecular complexity index is 246. The van der Waals surface area contributed by atoms with Crippen molar-refractivity contribution in [2.45, 2.75) is 47.1 Å². The van der Waals surface area contributed by atoms with Gasteiger partial charge in [-0.1, -0.05) is 27.7 Å². The van der Waals surface area contributed by atoms with Crippen molar-refractivity contribution in [2.75, 3.05) is 0 Å². The summed E-state index contributed by atoms with van der Waals surface area (Å²) in [6.07, 6.45) is 0.741. The van der Waals surface area contributed by atoms with E-state index in [1.807, 2.05) is 27.7 Å². The lowest BCUT2D eigenvalue weighted by atomic mass is 9.83. The summed E-state index contributed by atoms with van der Waals surface area (Å²) in [5, 5.41) is 11.2. The molecular formula is C11H21NO3. The highest BCUT2D eigenvalue weighted by Crippen LogP contribution is 2.25. The topological polar surface area (TPSA) is 66.4 Å². The molecule has 0 fully saturated rings. The molecular weight excluding hydrogens is 194 g/mol. The zero-order valence-electron chi connectivity index (χ0n) is 10.1. The molecule has 0 rings (SSSR count). The van der Waals surface area contributed by atoms with Gasteiger partial charge in [-0.15, -0.1) is 0 Å². The summed E-state index contributed by atoms with van der Waals surface area (Å²) in [5.74, 6) is -0.805. The first kappa shape index (κ1) is 13.9. The van der Waals surface area contributed by atoms with Crippen molar-refractivity contribution in [3.63, 3.8) is 0 Å². The quantitative estimate of drug-likeness (QED) is 0.732. The van der Waals surface area contributed by atoms with E-state index >= 15 is 0 Å². The van der Waals surface area contributed by atoms with Crippen molar-refractivity contribution in [3.8, 4) is 0 Å². The van der Waals surface area contributed by atoms with Crippen LogP contribution in [0.25, 0.3) is 0 Å². The minimum atomic E-state index is -1.01. The molecule has 1 atom stereocenters. The molecule has 0 bridgehead atoms. The lowest BCUT2D eigenvalue weighted by Gasteiger charge is -2.26. The lowest BCUT2D eigenvalue weighted by Crippen LogP contribution is -2.45. The zero-order chi connectivity index (χ0) is 12.2. The molecule has 0 aliphatic heterocycles. The van der Waals surface area contributed by atoms with Crippen molar-refractivity contribution in [2.24, 2.45) is 11.3 Å². The van der Waals surface area contributed by atoms with Crippen molar-refractivity contribution in [1.29, 1.82) is 0 Å². The highest BCUT2D eigenvalue weighted by Gasteiger charge is 2.30. The van der Waals surface area contributed by atoms with Gasteiger partial charge in [-0.2, -0.15) is 0 Å². The van der Waals surface area contributed by atoms with E-state index in [9.17, 15) is 9.59 Å². The van der Waals surface area contributed by atoms with E-state index in [4.69, 9.17) is 5.11 Å². The van der Waals surface area contributed by atoms with Gasteiger partial charge in [-0.05, 0) is 19.3 Å². The van der Waals surface area contributed by atoms with E-state index in [0.717, 1.165) is 6.42 Å². The van der Waals surface area contributed by atoms with E-state index in [1.165, 1.54) is 6.92 Å². The van der Waals surface area contributed by atoms with Crippen molar-refractivity contribution >= 4 is 11.9 Å². The molecule has 0 aliphatic rings. The first-order chi connectivity index (χ1) is 6.66. The fourth-order valence-electron chi connectivity index (χ4n) is 1.57. The molecule has 4 heteroatoms. The molecule has 4 nitrogen and oxygen atoms in total. The molecule has 0 unspecified atom stereocenters. The van der Waals surface area contributed by atoms with E-state index in [0.29, 0.717) is 5.92 Å². The Hall–Kier alpha value is -1.06. The summed E-state index contributed by atoms with van der Waals surface area (Å²) >= 11 is 0. The molecule has 0 aromatic heterocycles. The summed E-state index contributed by atoms with van der Waals surface area (Å²) in [6, 6.07) is -0.830. The number of carboxylic acid groups (broad SMARTS) is 1. The van der Waals surface area contributed by atoms with Crippen LogP contribution in [0.1, 0.15) is 41.0 Å². The van der Waals surface area contributed by atoms with Gasteiger partial charge in [0.2, 0.25) is 5.91 Å². The molecule has 0 spiro atoms. The molecule has 0 aromatic carbocycles. The van der Waals surface area contributed by atoms with E-state index < -0.39 is 17.4 Å². The average molecular weight is 215 g/mol. The number of carboxylic acids is 1. The Morgan fingerprint density at radius 3 is 2.07 bits per heavy atom. The van der Waals surface area contributed by atoms with Gasteiger partial charge in [-0.3, -0.25) is 9.59 Å². The average Bonchev–Trinajstić information content (AvgIpc) is 2.01. The summed E-state index contributed by atoms with van der Waals surface area (Å²) in [6.45, 7) is 9.20. The standard InChI is InChI=1S/C11H21NO3/c1-7(2)6-11(4,5)10(15)12-8(3)9(13)14/h7-8H,6H2,1-5H3,(H,12,15)(H,13,14)/t8-/m0/s1. The molecule has 15 heavy (non-hydrogen) atoms. The SMILES string of the molecule is CC(C)CC(C)(C)C(=O)N[C@@H](C)C(=O)O. The Kier molecular flexibility index (Phi) is 4.78. The first-order valence-electron chi connectivity index (χ1n) is 5.20. The number of hydrogen-bond acceptors (Lipinski definition) is 2. The van der Waals surface area contributed by atoms with Crippen LogP contribution in [-0.4, -0.2) is 23.0 Å². The molecule has 2 N–H and O–H groups in total. The summed E-state index contributed by atoms with van der Waals surface area (Å²) in [7, 11) is 0. The Morgan fingerprint density at radius 1 is 1.27 bits per heavy atom. The highest BCUT2D eigenvalue weighted by molar-refractivity contribution is 5.86. The number of aliphatic carboxylic acids is 1. The number of amides is 1. The van der Waals surface area contributed by atoms with Crippen LogP contribution in [0.5, 0.6) is 0 Å². The van der Waals surface area contributed by atoms with Crippen LogP contribution in [0.2, 0.25) is 0 Å². The molecule has 0 aliphatic carbocycles. The number of nitrogens with one attached hydrogen (secondary N) is 1. The summed E-state index contributed by atoms with van der Waals surface area (Å²) in [5.41, 5.74) is -0.516. The van der Waals surface area contributed by atoms with Gasteiger partial charge in [0.05, 0.1) is 0 Å². The molecule has 1 amide bonds. The monoisotopic (exact) mass is 215 g/mol. The van der Waals surface area contributed by atoms with Gasteiger partial charge in [-0.25, -0.2) is 0 Å². The van der Waals surface area contributed by atoms with Crippen LogP contribution < -0.4 is 5.32 Å². The molecule has 0 heterocycles.